The molecule has 6 heteroatoms. The van der Waals surface area contributed by atoms with Crippen molar-refractivity contribution in [2.75, 3.05) is 13.1 Å². The van der Waals surface area contributed by atoms with E-state index in [-0.39, 0.29) is 42.7 Å². The first kappa shape index (κ1) is 21.5. The molecule has 0 radical (unpaired) electrons. The van der Waals surface area contributed by atoms with Gasteiger partial charge in [0.2, 0.25) is 5.91 Å². The topological polar surface area (TPSA) is 58.4 Å². The summed E-state index contributed by atoms with van der Waals surface area (Å²) in [4.78, 5) is 15.2. The first-order valence-electron chi connectivity index (χ1n) is 9.53. The summed E-state index contributed by atoms with van der Waals surface area (Å²) in [5.41, 5.74) is 7.68. The number of likely N-dealkylation sites (tertiary alicyclic amines) is 1. The molecule has 2 saturated carbocycles. The highest BCUT2D eigenvalue weighted by molar-refractivity contribution is 5.85. The third kappa shape index (κ3) is 4.53. The van der Waals surface area contributed by atoms with E-state index in [9.17, 15) is 4.79 Å². The molecule has 4 rings (SSSR count). The second-order valence-corrected chi connectivity index (χ2v) is 7.98. The molecule has 3 fully saturated rings. The first-order chi connectivity index (χ1) is 11.7. The van der Waals surface area contributed by atoms with Crippen LogP contribution in [0.25, 0.3) is 0 Å². The largest absolute Gasteiger partial charge is 0.353 e. The normalized spacial score (nSPS) is 31.1. The molecule has 3 aliphatic rings. The summed E-state index contributed by atoms with van der Waals surface area (Å²) in [6, 6.07) is 11.1. The molecule has 1 saturated heterocycles. The van der Waals surface area contributed by atoms with Crippen molar-refractivity contribution >= 4 is 30.7 Å². The molecule has 1 aromatic carbocycles. The summed E-state index contributed by atoms with van der Waals surface area (Å²) in [5.74, 6) is 1.45. The highest BCUT2D eigenvalue weighted by atomic mass is 35.5. The van der Waals surface area contributed by atoms with Crippen molar-refractivity contribution in [3.05, 3.63) is 35.9 Å². The van der Waals surface area contributed by atoms with Crippen LogP contribution in [0, 0.1) is 17.8 Å². The summed E-state index contributed by atoms with van der Waals surface area (Å²) in [7, 11) is 0. The molecule has 0 spiro atoms. The van der Waals surface area contributed by atoms with Crippen LogP contribution in [0.3, 0.4) is 0 Å². The number of hydrogen-bond donors (Lipinski definition) is 2. The number of halogens is 2. The Kier molecular flexibility index (Phi) is 7.77. The van der Waals surface area contributed by atoms with Gasteiger partial charge in [0, 0.05) is 31.7 Å². The van der Waals surface area contributed by atoms with Crippen molar-refractivity contribution in [1.29, 1.82) is 0 Å². The monoisotopic (exact) mass is 399 g/mol. The van der Waals surface area contributed by atoms with Gasteiger partial charge >= 0.3 is 0 Å². The Balaban J connectivity index is 0.00000121. The van der Waals surface area contributed by atoms with Crippen LogP contribution in [-0.2, 0) is 11.3 Å². The lowest BCUT2D eigenvalue weighted by molar-refractivity contribution is -0.128. The quantitative estimate of drug-likeness (QED) is 0.817. The van der Waals surface area contributed by atoms with Crippen molar-refractivity contribution in [1.82, 2.24) is 10.2 Å². The fourth-order valence-electron chi connectivity index (χ4n) is 5.10. The third-order valence-corrected chi connectivity index (χ3v) is 6.47. The maximum atomic E-state index is 12.7. The van der Waals surface area contributed by atoms with Crippen LogP contribution < -0.4 is 11.1 Å². The van der Waals surface area contributed by atoms with Crippen LogP contribution in [0.1, 0.15) is 37.7 Å². The molecule has 0 aromatic heterocycles. The van der Waals surface area contributed by atoms with E-state index < -0.39 is 0 Å². The number of hydrogen-bond acceptors (Lipinski definition) is 3. The highest BCUT2D eigenvalue weighted by Crippen LogP contribution is 2.47. The summed E-state index contributed by atoms with van der Waals surface area (Å²) < 4.78 is 0. The van der Waals surface area contributed by atoms with Gasteiger partial charge in [0.15, 0.2) is 0 Å². The lowest BCUT2D eigenvalue weighted by Crippen LogP contribution is -2.50. The van der Waals surface area contributed by atoms with Crippen LogP contribution in [0.5, 0.6) is 0 Å². The van der Waals surface area contributed by atoms with Gasteiger partial charge in [-0.05, 0) is 49.5 Å². The SMILES string of the molecule is Cl.Cl.NC1C2CCC(C2)C1C(=O)NC1CCN(Cc2ccccc2)CC1. The van der Waals surface area contributed by atoms with Crippen LogP contribution in [0.4, 0.5) is 0 Å². The zero-order valence-electron chi connectivity index (χ0n) is 15.2. The van der Waals surface area contributed by atoms with Crippen LogP contribution in [0.15, 0.2) is 30.3 Å². The summed E-state index contributed by atoms with van der Waals surface area (Å²) >= 11 is 0. The molecular formula is C20H31Cl2N3O. The molecule has 1 amide bonds. The molecule has 26 heavy (non-hydrogen) atoms. The number of carbonyl (C=O) groups is 1. The first-order valence-corrected chi connectivity index (χ1v) is 9.53. The Morgan fingerprint density at radius 2 is 1.69 bits per heavy atom. The van der Waals surface area contributed by atoms with E-state index in [2.05, 4.69) is 40.5 Å². The molecule has 4 atom stereocenters. The number of rotatable bonds is 4. The van der Waals surface area contributed by atoms with E-state index in [1.807, 2.05) is 0 Å². The molecular weight excluding hydrogens is 369 g/mol. The number of piperidine rings is 1. The molecule has 1 heterocycles. The van der Waals surface area contributed by atoms with E-state index in [1.165, 1.54) is 24.8 Å². The number of amides is 1. The maximum absolute atomic E-state index is 12.7. The van der Waals surface area contributed by atoms with Crippen LogP contribution in [-0.4, -0.2) is 36.0 Å². The number of carbonyl (C=O) groups excluding carboxylic acids is 1. The highest BCUT2D eigenvalue weighted by Gasteiger charge is 2.49. The Morgan fingerprint density at radius 3 is 2.31 bits per heavy atom. The second kappa shape index (κ2) is 9.41. The number of nitrogens with zero attached hydrogens (tertiary/aromatic N) is 1. The molecule has 1 aliphatic heterocycles. The van der Waals surface area contributed by atoms with Gasteiger partial charge in [0.05, 0.1) is 5.92 Å². The molecule has 1 aromatic rings. The predicted molar refractivity (Wildman–Crippen MR) is 110 cm³/mol. The van der Waals surface area contributed by atoms with E-state index in [0.717, 1.165) is 32.5 Å². The van der Waals surface area contributed by atoms with E-state index in [4.69, 9.17) is 5.73 Å². The fraction of sp³-hybridized carbons (Fsp3) is 0.650. The maximum Gasteiger partial charge on any atom is 0.225 e. The second-order valence-electron chi connectivity index (χ2n) is 7.98. The smallest absolute Gasteiger partial charge is 0.225 e. The zero-order valence-corrected chi connectivity index (χ0v) is 16.8. The van der Waals surface area contributed by atoms with Gasteiger partial charge in [-0.1, -0.05) is 30.3 Å². The Labute approximate surface area is 169 Å². The molecule has 3 N–H and O–H groups in total. The van der Waals surface area contributed by atoms with Crippen LogP contribution in [0.2, 0.25) is 0 Å². The summed E-state index contributed by atoms with van der Waals surface area (Å²) in [6.07, 6.45) is 5.71. The third-order valence-electron chi connectivity index (χ3n) is 6.47. The van der Waals surface area contributed by atoms with E-state index in [0.29, 0.717) is 17.9 Å². The zero-order chi connectivity index (χ0) is 16.5. The predicted octanol–water partition coefficient (Wildman–Crippen LogP) is 2.98. The molecule has 146 valence electrons. The molecule has 2 bridgehead atoms. The van der Waals surface area contributed by atoms with Crippen molar-refractivity contribution in [2.45, 2.75) is 50.7 Å². The lowest BCUT2D eigenvalue weighted by atomic mass is 9.84. The minimum atomic E-state index is 0. The van der Waals surface area contributed by atoms with E-state index in [1.54, 1.807) is 0 Å². The number of fused-ring (bicyclic) bond motifs is 2. The Hall–Kier alpha value is -0.810. The van der Waals surface area contributed by atoms with Crippen molar-refractivity contribution in [3.8, 4) is 0 Å². The van der Waals surface area contributed by atoms with Crippen molar-refractivity contribution in [3.63, 3.8) is 0 Å². The summed E-state index contributed by atoms with van der Waals surface area (Å²) in [6.45, 7) is 3.13. The molecule has 4 unspecified atom stereocenters. The van der Waals surface area contributed by atoms with Gasteiger partial charge in [-0.3, -0.25) is 9.69 Å². The lowest BCUT2D eigenvalue weighted by Gasteiger charge is -2.34. The number of benzene rings is 1. The van der Waals surface area contributed by atoms with Crippen molar-refractivity contribution in [2.24, 2.45) is 23.5 Å². The van der Waals surface area contributed by atoms with Gasteiger partial charge in [-0.25, -0.2) is 0 Å². The molecule has 4 nitrogen and oxygen atoms in total. The average Bonchev–Trinajstić information content (AvgIpc) is 3.18. The molecule has 2 aliphatic carbocycles. The van der Waals surface area contributed by atoms with E-state index >= 15 is 0 Å². The van der Waals surface area contributed by atoms with Crippen molar-refractivity contribution < 1.29 is 4.79 Å². The summed E-state index contributed by atoms with van der Waals surface area (Å²) in [5, 5.41) is 3.31. The number of nitrogens with two attached hydrogens (primary N) is 1. The number of nitrogens with one attached hydrogen (secondary N) is 1. The Bertz CT molecular complexity index is 576. The van der Waals surface area contributed by atoms with Gasteiger partial charge in [0.25, 0.3) is 0 Å². The Morgan fingerprint density at radius 1 is 1.04 bits per heavy atom. The minimum absolute atomic E-state index is 0. The van der Waals surface area contributed by atoms with Gasteiger partial charge in [-0.2, -0.15) is 0 Å². The average molecular weight is 400 g/mol. The fourth-order valence-corrected chi connectivity index (χ4v) is 5.10. The standard InChI is InChI=1S/C20H29N3O.2ClH/c21-19-16-7-6-15(12-16)18(19)20(24)22-17-8-10-23(11-9-17)13-14-4-2-1-3-5-14;;/h1-5,15-19H,6-13,21H2,(H,22,24);2*1H. The minimum Gasteiger partial charge on any atom is -0.353 e. The van der Waals surface area contributed by atoms with Gasteiger partial charge < -0.3 is 11.1 Å². The van der Waals surface area contributed by atoms with Gasteiger partial charge in [-0.15, -0.1) is 24.8 Å². The van der Waals surface area contributed by atoms with Gasteiger partial charge in [0.1, 0.15) is 0 Å². The van der Waals surface area contributed by atoms with Crippen LogP contribution >= 0.6 is 24.8 Å².